The Hall–Kier alpha value is -3.71. The molecule has 0 atom stereocenters. The Morgan fingerprint density at radius 3 is 1.98 bits per heavy atom. The quantitative estimate of drug-likeness (QED) is 0.208. The van der Waals surface area contributed by atoms with Gasteiger partial charge in [0, 0.05) is 22.1 Å². The predicted molar refractivity (Wildman–Crippen MR) is 167 cm³/mol. The van der Waals surface area contributed by atoms with E-state index in [1.165, 1.54) is 0 Å². The van der Waals surface area contributed by atoms with Gasteiger partial charge >= 0.3 is 0 Å². The second-order valence-electron chi connectivity index (χ2n) is 12.3. The highest BCUT2D eigenvalue weighted by molar-refractivity contribution is 8.93. The largest absolute Gasteiger partial charge is 0.507 e. The molecule has 0 aliphatic rings. The molecule has 0 aliphatic heterocycles. The number of benzene rings is 3. The van der Waals surface area contributed by atoms with Crippen molar-refractivity contribution in [1.82, 2.24) is 14.1 Å². The van der Waals surface area contributed by atoms with Crippen LogP contribution in [0.5, 0.6) is 5.75 Å². The van der Waals surface area contributed by atoms with Crippen LogP contribution in [0.4, 0.5) is 0 Å². The van der Waals surface area contributed by atoms with Gasteiger partial charge in [-0.1, -0.05) is 77.9 Å². The van der Waals surface area contributed by atoms with Crippen molar-refractivity contribution in [2.24, 2.45) is 0 Å². The number of Topliss-reactive ketones (excluding diaryl/α,β-unsaturated/α-hetero) is 1. The lowest BCUT2D eigenvalue weighted by Gasteiger charge is -2.28. The van der Waals surface area contributed by atoms with Gasteiger partial charge in [-0.25, -0.2) is 0 Å². The molecule has 0 fully saturated rings. The van der Waals surface area contributed by atoms with Crippen molar-refractivity contribution >= 4 is 44.7 Å². The van der Waals surface area contributed by atoms with Crippen molar-refractivity contribution in [3.8, 4) is 5.75 Å². The van der Waals surface area contributed by atoms with Crippen LogP contribution in [-0.4, -0.2) is 25.0 Å². The van der Waals surface area contributed by atoms with E-state index in [9.17, 15) is 9.90 Å². The number of hydrogen-bond acceptors (Lipinski definition) is 4. The topological polar surface area (TPSA) is 83.9 Å². The SMILES string of the molecule is Br.CC(C)(C)c1cc(C(=O)Cn2c(=N)n(Cc3ccc4ccccc4n3)c3ccccc32)cc(C(C)(C)C)c1O. The molecule has 0 spiro atoms. The Bertz CT molecular complexity index is 1750. The Morgan fingerprint density at radius 2 is 1.38 bits per heavy atom. The number of fused-ring (bicyclic) bond motifs is 2. The van der Waals surface area contributed by atoms with E-state index in [0.29, 0.717) is 12.1 Å². The zero-order chi connectivity index (χ0) is 28.1. The number of ketones is 1. The number of pyridine rings is 1. The van der Waals surface area contributed by atoms with E-state index in [2.05, 4.69) is 6.07 Å². The molecule has 0 saturated carbocycles. The summed E-state index contributed by atoms with van der Waals surface area (Å²) in [5.74, 6) is 0.149. The van der Waals surface area contributed by atoms with Gasteiger partial charge in [0.25, 0.3) is 0 Å². The second-order valence-corrected chi connectivity index (χ2v) is 12.3. The summed E-state index contributed by atoms with van der Waals surface area (Å²) in [5, 5.41) is 21.2. The molecular formula is C33H37BrN4O2. The fraction of sp³-hybridized carbons (Fsp3) is 0.303. The number of nitrogens with zero attached hydrogens (tertiary/aromatic N) is 3. The van der Waals surface area contributed by atoms with E-state index in [0.717, 1.165) is 38.8 Å². The van der Waals surface area contributed by atoms with Crippen LogP contribution in [0.2, 0.25) is 0 Å². The van der Waals surface area contributed by atoms with E-state index in [4.69, 9.17) is 10.4 Å². The van der Waals surface area contributed by atoms with E-state index < -0.39 is 0 Å². The smallest absolute Gasteiger partial charge is 0.203 e. The van der Waals surface area contributed by atoms with E-state index in [-0.39, 0.29) is 51.5 Å². The van der Waals surface area contributed by atoms with Crippen LogP contribution in [0.15, 0.2) is 72.8 Å². The molecule has 2 heterocycles. The van der Waals surface area contributed by atoms with Crippen molar-refractivity contribution in [2.75, 3.05) is 0 Å². The Labute approximate surface area is 245 Å². The molecule has 208 valence electrons. The first kappa shape index (κ1) is 29.3. The minimum absolute atomic E-state index is 0. The minimum atomic E-state index is -0.336. The third-order valence-corrected chi connectivity index (χ3v) is 7.30. The molecular weight excluding hydrogens is 564 g/mol. The lowest BCUT2D eigenvalue weighted by Crippen LogP contribution is -2.28. The molecule has 0 radical (unpaired) electrons. The molecule has 0 unspecified atom stereocenters. The van der Waals surface area contributed by atoms with Gasteiger partial charge < -0.3 is 14.2 Å². The molecule has 40 heavy (non-hydrogen) atoms. The van der Waals surface area contributed by atoms with Crippen molar-refractivity contribution < 1.29 is 9.90 Å². The van der Waals surface area contributed by atoms with Crippen molar-refractivity contribution in [1.29, 1.82) is 5.41 Å². The maximum absolute atomic E-state index is 13.8. The number of phenolic OH excluding ortho intramolecular Hbond substituents is 1. The third-order valence-electron chi connectivity index (χ3n) is 7.30. The van der Waals surface area contributed by atoms with E-state index in [1.807, 2.05) is 113 Å². The van der Waals surface area contributed by atoms with Crippen LogP contribution >= 0.6 is 17.0 Å². The highest BCUT2D eigenvalue weighted by Gasteiger charge is 2.28. The molecule has 5 aromatic rings. The summed E-state index contributed by atoms with van der Waals surface area (Å²) in [5.41, 5.74) is 5.08. The molecule has 0 bridgehead atoms. The summed E-state index contributed by atoms with van der Waals surface area (Å²) in [6, 6.07) is 23.5. The summed E-state index contributed by atoms with van der Waals surface area (Å²) in [7, 11) is 0. The minimum Gasteiger partial charge on any atom is -0.507 e. The number of halogens is 1. The average molecular weight is 602 g/mol. The fourth-order valence-corrected chi connectivity index (χ4v) is 5.15. The number of aromatic nitrogens is 3. The second kappa shape index (κ2) is 10.7. The molecule has 2 N–H and O–H groups in total. The zero-order valence-electron chi connectivity index (χ0n) is 23.9. The van der Waals surface area contributed by atoms with Crippen LogP contribution in [-0.2, 0) is 23.9 Å². The number of para-hydroxylation sites is 3. The van der Waals surface area contributed by atoms with Crippen molar-refractivity contribution in [2.45, 2.75) is 65.5 Å². The highest BCUT2D eigenvalue weighted by Crippen LogP contribution is 2.40. The van der Waals surface area contributed by atoms with Crippen molar-refractivity contribution in [3.63, 3.8) is 0 Å². The summed E-state index contributed by atoms with van der Waals surface area (Å²) in [6.07, 6.45) is 0. The van der Waals surface area contributed by atoms with Crippen LogP contribution in [0.1, 0.15) is 68.7 Å². The first-order chi connectivity index (χ1) is 18.3. The van der Waals surface area contributed by atoms with Crippen LogP contribution in [0.3, 0.4) is 0 Å². The maximum atomic E-state index is 13.8. The van der Waals surface area contributed by atoms with E-state index in [1.54, 1.807) is 4.57 Å². The van der Waals surface area contributed by atoms with Crippen LogP contribution < -0.4 is 5.62 Å². The molecule has 0 saturated heterocycles. The lowest BCUT2D eigenvalue weighted by atomic mass is 9.78. The molecule has 3 aromatic carbocycles. The lowest BCUT2D eigenvalue weighted by molar-refractivity contribution is 0.0971. The normalized spacial score (nSPS) is 12.1. The number of aromatic hydroxyl groups is 1. The molecule has 7 heteroatoms. The Morgan fingerprint density at radius 1 is 0.825 bits per heavy atom. The van der Waals surface area contributed by atoms with Gasteiger partial charge in [-0.3, -0.25) is 15.2 Å². The van der Waals surface area contributed by atoms with Gasteiger partial charge in [0.15, 0.2) is 5.78 Å². The summed E-state index contributed by atoms with van der Waals surface area (Å²) < 4.78 is 3.66. The number of carbonyl (C=O) groups is 1. The van der Waals surface area contributed by atoms with Gasteiger partial charge in [0.05, 0.1) is 35.3 Å². The van der Waals surface area contributed by atoms with Gasteiger partial charge in [-0.05, 0) is 47.2 Å². The fourth-order valence-electron chi connectivity index (χ4n) is 5.15. The highest BCUT2D eigenvalue weighted by atomic mass is 79.9. The van der Waals surface area contributed by atoms with Crippen molar-refractivity contribution in [3.05, 3.63) is 101 Å². The third kappa shape index (κ3) is 5.48. The molecule has 5 rings (SSSR count). The molecule has 2 aromatic heterocycles. The zero-order valence-corrected chi connectivity index (χ0v) is 25.7. The number of hydrogen-bond donors (Lipinski definition) is 2. The standard InChI is InChI=1S/C33H36N4O2.BrH/c1-32(2,3)24-17-22(18-25(30(24)39)33(4,5)6)29(38)20-37-28-14-10-9-13-27(28)36(31(37)34)19-23-16-15-21-11-7-8-12-26(21)35-23;/h7-18,34,39H,19-20H2,1-6H3;1H. The number of rotatable bonds is 5. The van der Waals surface area contributed by atoms with Crippen LogP contribution in [0, 0.1) is 5.41 Å². The summed E-state index contributed by atoms with van der Waals surface area (Å²) in [4.78, 5) is 18.6. The summed E-state index contributed by atoms with van der Waals surface area (Å²) >= 11 is 0. The number of phenols is 1. The monoisotopic (exact) mass is 600 g/mol. The predicted octanol–water partition coefficient (Wildman–Crippen LogP) is 7.28. The first-order valence-electron chi connectivity index (χ1n) is 13.3. The van der Waals surface area contributed by atoms with Gasteiger partial charge in [-0.2, -0.15) is 0 Å². The Kier molecular flexibility index (Phi) is 7.83. The number of nitrogens with one attached hydrogen (secondary N) is 1. The number of carbonyl (C=O) groups excluding carboxylic acids is 1. The molecule has 6 nitrogen and oxygen atoms in total. The maximum Gasteiger partial charge on any atom is 0.203 e. The number of imidazole rings is 1. The van der Waals surface area contributed by atoms with Gasteiger partial charge in [0.2, 0.25) is 5.62 Å². The van der Waals surface area contributed by atoms with Crippen LogP contribution in [0.25, 0.3) is 21.9 Å². The summed E-state index contributed by atoms with van der Waals surface area (Å²) in [6.45, 7) is 12.7. The average Bonchev–Trinajstić information content (AvgIpc) is 3.13. The molecule has 0 amide bonds. The van der Waals surface area contributed by atoms with Gasteiger partial charge in [-0.15, -0.1) is 17.0 Å². The van der Waals surface area contributed by atoms with E-state index >= 15 is 0 Å². The van der Waals surface area contributed by atoms with Gasteiger partial charge in [0.1, 0.15) is 5.75 Å². The first-order valence-corrected chi connectivity index (χ1v) is 13.3. The Balaban J connectivity index is 0.00000370. The molecule has 0 aliphatic carbocycles.